The Bertz CT molecular complexity index is 607. The molecule has 0 aliphatic carbocycles. The van der Waals surface area contributed by atoms with Crippen LogP contribution in [0.5, 0.6) is 5.75 Å². The number of hydrogen-bond donors (Lipinski definition) is 2. The van der Waals surface area contributed by atoms with Crippen LogP contribution in [0, 0.1) is 10.5 Å². The summed E-state index contributed by atoms with van der Waals surface area (Å²) in [6.07, 6.45) is -0.573. The van der Waals surface area contributed by atoms with Gasteiger partial charge >= 0.3 is 0 Å². The summed E-state index contributed by atoms with van der Waals surface area (Å²) in [7, 11) is 0. The van der Waals surface area contributed by atoms with Gasteiger partial charge in [0, 0.05) is 15.8 Å². The van der Waals surface area contributed by atoms with E-state index >= 15 is 0 Å². The maximum Gasteiger partial charge on any atom is 0.133 e. The van der Waals surface area contributed by atoms with Crippen LogP contribution in [0.15, 0.2) is 46.9 Å². The molecular weight excluding hydrogens is 445 g/mol. The number of aliphatic hydroxyl groups excluding tert-OH is 1. The van der Waals surface area contributed by atoms with E-state index in [9.17, 15) is 5.11 Å². The van der Waals surface area contributed by atoms with Crippen molar-refractivity contribution >= 4 is 44.2 Å². The van der Waals surface area contributed by atoms with Crippen LogP contribution >= 0.6 is 38.5 Å². The number of hydrogen-bond acceptors (Lipinski definition) is 3. The number of anilines is 1. The summed E-state index contributed by atoms with van der Waals surface area (Å²) in [4.78, 5) is 0. The number of aryl methyl sites for hydroxylation is 1. The molecule has 1 unspecified atom stereocenters. The lowest BCUT2D eigenvalue weighted by atomic mass is 10.2. The Balaban J connectivity index is 1.80. The van der Waals surface area contributed by atoms with Gasteiger partial charge in [0.25, 0.3) is 0 Å². The van der Waals surface area contributed by atoms with Gasteiger partial charge in [-0.2, -0.15) is 0 Å². The van der Waals surface area contributed by atoms with E-state index < -0.39 is 6.10 Å². The van der Waals surface area contributed by atoms with Crippen LogP contribution in [0.25, 0.3) is 0 Å². The first-order valence-electron chi connectivity index (χ1n) is 6.61. The number of aliphatic hydroxyl groups is 1. The molecule has 0 heterocycles. The smallest absolute Gasteiger partial charge is 0.133 e. The molecule has 0 aliphatic rings. The highest BCUT2D eigenvalue weighted by atomic mass is 127. The number of nitrogens with one attached hydrogen (secondary N) is 1. The van der Waals surface area contributed by atoms with Crippen LogP contribution in [0.2, 0.25) is 0 Å². The molecule has 2 rings (SSSR count). The molecule has 5 heteroatoms. The summed E-state index contributed by atoms with van der Waals surface area (Å²) in [6, 6.07) is 13.9. The lowest BCUT2D eigenvalue weighted by Crippen LogP contribution is -2.26. The minimum atomic E-state index is -0.573. The zero-order valence-corrected chi connectivity index (χ0v) is 15.4. The van der Waals surface area contributed by atoms with E-state index in [1.54, 1.807) is 0 Å². The normalized spacial score (nSPS) is 12.0. The zero-order chi connectivity index (χ0) is 15.2. The summed E-state index contributed by atoms with van der Waals surface area (Å²) in [6.45, 7) is 2.72. The molecule has 0 amide bonds. The van der Waals surface area contributed by atoms with Crippen molar-refractivity contribution < 1.29 is 9.84 Å². The molecule has 0 spiro atoms. The van der Waals surface area contributed by atoms with Crippen molar-refractivity contribution in [1.29, 1.82) is 0 Å². The van der Waals surface area contributed by atoms with E-state index in [-0.39, 0.29) is 6.61 Å². The third-order valence-electron chi connectivity index (χ3n) is 2.89. The Morgan fingerprint density at radius 3 is 2.81 bits per heavy atom. The fraction of sp³-hybridized carbons (Fsp3) is 0.250. The SMILES string of the molecule is Cc1ccc(OCC(O)CNc2cccc(I)c2)c(Br)c1. The number of ether oxygens (including phenoxy) is 1. The third kappa shape index (κ3) is 5.48. The van der Waals surface area contributed by atoms with Crippen molar-refractivity contribution in [2.75, 3.05) is 18.5 Å². The highest BCUT2D eigenvalue weighted by Gasteiger charge is 2.07. The second-order valence-corrected chi connectivity index (χ2v) is 6.89. The lowest BCUT2D eigenvalue weighted by Gasteiger charge is -2.15. The predicted molar refractivity (Wildman–Crippen MR) is 98.0 cm³/mol. The van der Waals surface area contributed by atoms with Crippen molar-refractivity contribution in [2.24, 2.45) is 0 Å². The molecule has 0 radical (unpaired) electrons. The van der Waals surface area contributed by atoms with Crippen LogP contribution in [0.4, 0.5) is 5.69 Å². The predicted octanol–water partition coefficient (Wildman–Crippen LogP) is 4.21. The van der Waals surface area contributed by atoms with Gasteiger partial charge in [0.2, 0.25) is 0 Å². The van der Waals surface area contributed by atoms with Gasteiger partial charge in [0.05, 0.1) is 4.47 Å². The fourth-order valence-electron chi connectivity index (χ4n) is 1.80. The van der Waals surface area contributed by atoms with Gasteiger partial charge in [-0.25, -0.2) is 0 Å². The van der Waals surface area contributed by atoms with E-state index in [4.69, 9.17) is 4.74 Å². The zero-order valence-electron chi connectivity index (χ0n) is 11.6. The van der Waals surface area contributed by atoms with Gasteiger partial charge < -0.3 is 15.2 Å². The van der Waals surface area contributed by atoms with Gasteiger partial charge in [0.15, 0.2) is 0 Å². The van der Waals surface area contributed by atoms with Gasteiger partial charge in [-0.1, -0.05) is 12.1 Å². The highest BCUT2D eigenvalue weighted by Crippen LogP contribution is 2.25. The monoisotopic (exact) mass is 461 g/mol. The van der Waals surface area contributed by atoms with Crippen molar-refractivity contribution in [2.45, 2.75) is 13.0 Å². The van der Waals surface area contributed by atoms with Crippen LogP contribution in [0.1, 0.15) is 5.56 Å². The molecule has 2 N–H and O–H groups in total. The average molecular weight is 462 g/mol. The molecule has 2 aromatic carbocycles. The second kappa shape index (κ2) is 8.00. The number of benzene rings is 2. The molecular formula is C16H17BrINO2. The second-order valence-electron chi connectivity index (χ2n) is 4.79. The van der Waals surface area contributed by atoms with Crippen molar-refractivity contribution in [3.8, 4) is 5.75 Å². The first-order chi connectivity index (χ1) is 10.0. The van der Waals surface area contributed by atoms with E-state index in [1.165, 1.54) is 0 Å². The third-order valence-corrected chi connectivity index (χ3v) is 4.18. The van der Waals surface area contributed by atoms with Crippen LogP contribution in [0.3, 0.4) is 0 Å². The minimum absolute atomic E-state index is 0.249. The molecule has 0 saturated heterocycles. The lowest BCUT2D eigenvalue weighted by molar-refractivity contribution is 0.117. The molecule has 0 fully saturated rings. The molecule has 112 valence electrons. The van der Waals surface area contributed by atoms with E-state index in [1.807, 2.05) is 49.4 Å². The first kappa shape index (κ1) is 16.6. The van der Waals surface area contributed by atoms with Gasteiger partial charge in [-0.3, -0.25) is 0 Å². The summed E-state index contributed by atoms with van der Waals surface area (Å²) in [5.41, 5.74) is 2.16. The fourth-order valence-corrected chi connectivity index (χ4v) is 2.95. The molecule has 21 heavy (non-hydrogen) atoms. The van der Waals surface area contributed by atoms with Gasteiger partial charge in [-0.15, -0.1) is 0 Å². The standard InChI is InChI=1S/C16H17BrINO2/c1-11-5-6-16(15(17)7-11)21-10-14(20)9-19-13-4-2-3-12(18)8-13/h2-8,14,19-20H,9-10H2,1H3. The maximum atomic E-state index is 9.98. The average Bonchev–Trinajstić information content (AvgIpc) is 2.44. The molecule has 0 aliphatic heterocycles. The van der Waals surface area contributed by atoms with Crippen molar-refractivity contribution in [1.82, 2.24) is 0 Å². The van der Waals surface area contributed by atoms with Crippen LogP contribution in [-0.4, -0.2) is 24.4 Å². The van der Waals surface area contributed by atoms with Gasteiger partial charge in [-0.05, 0) is 81.3 Å². The van der Waals surface area contributed by atoms with Crippen molar-refractivity contribution in [3.05, 3.63) is 56.1 Å². The van der Waals surface area contributed by atoms with E-state index in [0.29, 0.717) is 6.54 Å². The summed E-state index contributed by atoms with van der Waals surface area (Å²) >= 11 is 5.72. The summed E-state index contributed by atoms with van der Waals surface area (Å²) < 4.78 is 7.69. The summed E-state index contributed by atoms with van der Waals surface area (Å²) in [5.74, 6) is 0.744. The van der Waals surface area contributed by atoms with Gasteiger partial charge in [0.1, 0.15) is 18.5 Å². The Kier molecular flexibility index (Phi) is 6.32. The largest absolute Gasteiger partial charge is 0.490 e. The molecule has 3 nitrogen and oxygen atoms in total. The quantitative estimate of drug-likeness (QED) is 0.633. The Labute approximate surface area is 147 Å². The van der Waals surface area contributed by atoms with E-state index in [0.717, 1.165) is 25.0 Å². The molecule has 0 aromatic heterocycles. The minimum Gasteiger partial charge on any atom is -0.490 e. The molecule has 1 atom stereocenters. The van der Waals surface area contributed by atoms with E-state index in [2.05, 4.69) is 43.8 Å². The Morgan fingerprint density at radius 2 is 2.10 bits per heavy atom. The maximum absolute atomic E-state index is 9.98. The number of rotatable bonds is 6. The Morgan fingerprint density at radius 1 is 1.29 bits per heavy atom. The Hall–Kier alpha value is -0.790. The molecule has 0 saturated carbocycles. The highest BCUT2D eigenvalue weighted by molar-refractivity contribution is 14.1. The van der Waals surface area contributed by atoms with Crippen molar-refractivity contribution in [3.63, 3.8) is 0 Å². The molecule has 0 bridgehead atoms. The van der Waals surface area contributed by atoms with Crippen LogP contribution in [-0.2, 0) is 0 Å². The first-order valence-corrected chi connectivity index (χ1v) is 8.48. The van der Waals surface area contributed by atoms with Crippen LogP contribution < -0.4 is 10.1 Å². The topological polar surface area (TPSA) is 41.5 Å². The molecule has 2 aromatic rings. The summed E-state index contributed by atoms with van der Waals surface area (Å²) in [5, 5.41) is 13.2. The number of halogens is 2.